The molecule has 0 amide bonds. The highest BCUT2D eigenvalue weighted by atomic mass is 127. The van der Waals surface area contributed by atoms with E-state index in [1.165, 1.54) is 5.56 Å². The molecule has 0 aliphatic rings. The van der Waals surface area contributed by atoms with Crippen molar-refractivity contribution in [2.75, 3.05) is 48.5 Å². The molecule has 0 aliphatic carbocycles. The predicted molar refractivity (Wildman–Crippen MR) is 142 cm³/mol. The summed E-state index contributed by atoms with van der Waals surface area (Å²) in [6.45, 7) is 6.10. The van der Waals surface area contributed by atoms with Crippen LogP contribution in [0.5, 0.6) is 17.2 Å². The molecule has 178 valence electrons. The van der Waals surface area contributed by atoms with Crippen LogP contribution in [0.1, 0.15) is 29.7 Å². The number of benzene rings is 2. The van der Waals surface area contributed by atoms with Crippen molar-refractivity contribution in [3.8, 4) is 17.2 Å². The number of aryl methyl sites for hydroxylation is 1. The molecule has 0 heterocycles. The van der Waals surface area contributed by atoms with E-state index < -0.39 is 0 Å². The predicted octanol–water partition coefficient (Wildman–Crippen LogP) is 4.00. The topological polar surface area (TPSA) is 67.4 Å². The minimum absolute atomic E-state index is 0. The maximum atomic E-state index is 5.51. The number of guanidine groups is 1. The van der Waals surface area contributed by atoms with Gasteiger partial charge in [-0.3, -0.25) is 0 Å². The van der Waals surface area contributed by atoms with Crippen molar-refractivity contribution < 1.29 is 14.2 Å². The van der Waals surface area contributed by atoms with Gasteiger partial charge >= 0.3 is 0 Å². The van der Waals surface area contributed by atoms with Crippen LogP contribution in [0.3, 0.4) is 0 Å². The number of methoxy groups -OCH3 is 3. The summed E-state index contributed by atoms with van der Waals surface area (Å²) in [6.07, 6.45) is 0. The number of halogens is 1. The van der Waals surface area contributed by atoms with Crippen LogP contribution < -0.4 is 24.8 Å². The number of nitrogens with zero attached hydrogens (tertiary/aromatic N) is 2. The number of aliphatic imine (C=N–C) groups is 1. The Balaban J connectivity index is 0.00000512. The first-order valence-corrected chi connectivity index (χ1v) is 10.5. The summed E-state index contributed by atoms with van der Waals surface area (Å²) < 4.78 is 16.4. The number of rotatable bonds is 10. The Morgan fingerprint density at radius 1 is 0.938 bits per heavy atom. The third kappa shape index (κ3) is 7.74. The van der Waals surface area contributed by atoms with Gasteiger partial charge in [0.15, 0.2) is 17.5 Å². The van der Waals surface area contributed by atoms with Gasteiger partial charge in [0, 0.05) is 18.7 Å². The summed E-state index contributed by atoms with van der Waals surface area (Å²) in [5.74, 6) is 3.06. The molecule has 0 radical (unpaired) electrons. The van der Waals surface area contributed by atoms with E-state index in [2.05, 4.69) is 61.7 Å². The molecule has 8 heteroatoms. The molecule has 2 N–H and O–H groups in total. The van der Waals surface area contributed by atoms with Gasteiger partial charge in [-0.15, -0.1) is 24.0 Å². The Kier molecular flexibility index (Phi) is 12.2. The lowest BCUT2D eigenvalue weighted by Gasteiger charge is -2.26. The molecule has 0 aliphatic heterocycles. The largest absolute Gasteiger partial charge is 0.496 e. The van der Waals surface area contributed by atoms with Crippen LogP contribution in [0.15, 0.2) is 41.4 Å². The van der Waals surface area contributed by atoms with Gasteiger partial charge in [0.1, 0.15) is 5.75 Å². The van der Waals surface area contributed by atoms with Crippen molar-refractivity contribution >= 4 is 29.9 Å². The highest BCUT2D eigenvalue weighted by molar-refractivity contribution is 14.0. The monoisotopic (exact) mass is 556 g/mol. The van der Waals surface area contributed by atoms with Gasteiger partial charge in [-0.1, -0.05) is 18.2 Å². The van der Waals surface area contributed by atoms with Crippen LogP contribution in [0, 0.1) is 6.92 Å². The van der Waals surface area contributed by atoms with Gasteiger partial charge in [0.2, 0.25) is 0 Å². The van der Waals surface area contributed by atoms with Gasteiger partial charge in [0.25, 0.3) is 0 Å². The van der Waals surface area contributed by atoms with Crippen LogP contribution in [0.2, 0.25) is 0 Å². The Labute approximate surface area is 209 Å². The third-order valence-electron chi connectivity index (χ3n) is 5.07. The van der Waals surface area contributed by atoms with Crippen LogP contribution in [-0.2, 0) is 6.54 Å². The molecule has 2 aromatic rings. The fraction of sp³-hybridized carbons (Fsp3) is 0.458. The highest BCUT2D eigenvalue weighted by Crippen LogP contribution is 2.31. The molecule has 1 unspecified atom stereocenters. The minimum atomic E-state index is 0. The third-order valence-corrected chi connectivity index (χ3v) is 5.07. The van der Waals surface area contributed by atoms with E-state index in [0.29, 0.717) is 13.1 Å². The second kappa shape index (κ2) is 14.1. The van der Waals surface area contributed by atoms with E-state index in [9.17, 15) is 0 Å². The highest BCUT2D eigenvalue weighted by Gasteiger charge is 2.17. The molecule has 0 aromatic heterocycles. The Morgan fingerprint density at radius 3 is 2.22 bits per heavy atom. The van der Waals surface area contributed by atoms with Gasteiger partial charge in [0.05, 0.1) is 33.9 Å². The SMILES string of the molecule is CCNC(=NCc1ccc(C)cc1OC)NCC(c1ccc(OC)c(OC)c1)N(C)C.I. The zero-order valence-electron chi connectivity index (χ0n) is 20.2. The average Bonchev–Trinajstić information content (AvgIpc) is 2.77. The molecule has 0 saturated heterocycles. The standard InChI is InChI=1S/C24H36N4O3.HI/c1-8-25-24(26-15-19-10-9-17(2)13-22(19)30-6)27-16-20(28(3)4)18-11-12-21(29-5)23(14-18)31-7;/h9-14,20H,8,15-16H2,1-7H3,(H2,25,26,27);1H. The number of hydrogen-bond donors (Lipinski definition) is 2. The summed E-state index contributed by atoms with van der Waals surface area (Å²) in [5, 5.41) is 6.79. The normalized spacial score (nSPS) is 12.1. The van der Waals surface area contributed by atoms with Crippen LogP contribution in [0.25, 0.3) is 0 Å². The van der Waals surface area contributed by atoms with E-state index in [1.54, 1.807) is 21.3 Å². The van der Waals surface area contributed by atoms with Gasteiger partial charge in [-0.2, -0.15) is 0 Å². The summed E-state index contributed by atoms with van der Waals surface area (Å²) in [5.41, 5.74) is 3.35. The van der Waals surface area contributed by atoms with E-state index >= 15 is 0 Å². The van der Waals surface area contributed by atoms with Gasteiger partial charge in [-0.25, -0.2) is 4.99 Å². The Bertz CT molecular complexity index is 874. The first-order chi connectivity index (χ1) is 14.9. The number of hydrogen-bond acceptors (Lipinski definition) is 5. The van der Waals surface area contributed by atoms with Crippen molar-refractivity contribution in [2.45, 2.75) is 26.4 Å². The fourth-order valence-corrected chi connectivity index (χ4v) is 3.34. The smallest absolute Gasteiger partial charge is 0.191 e. The first kappa shape index (κ1) is 27.8. The summed E-state index contributed by atoms with van der Waals surface area (Å²) in [6, 6.07) is 12.3. The molecule has 0 bridgehead atoms. The summed E-state index contributed by atoms with van der Waals surface area (Å²) >= 11 is 0. The maximum Gasteiger partial charge on any atom is 0.191 e. The lowest BCUT2D eigenvalue weighted by atomic mass is 10.1. The van der Waals surface area contributed by atoms with Crippen molar-refractivity contribution in [1.82, 2.24) is 15.5 Å². The van der Waals surface area contributed by atoms with E-state index in [1.807, 2.05) is 18.2 Å². The molecule has 0 spiro atoms. The lowest BCUT2D eigenvalue weighted by molar-refractivity contribution is 0.295. The number of likely N-dealkylation sites (N-methyl/N-ethyl adjacent to an activating group) is 1. The Morgan fingerprint density at radius 2 is 1.62 bits per heavy atom. The van der Waals surface area contributed by atoms with Gasteiger partial charge < -0.3 is 29.7 Å². The second-order valence-electron chi connectivity index (χ2n) is 7.49. The quantitative estimate of drug-likeness (QED) is 0.262. The zero-order chi connectivity index (χ0) is 22.8. The first-order valence-electron chi connectivity index (χ1n) is 10.5. The van der Waals surface area contributed by atoms with Crippen molar-refractivity contribution in [1.29, 1.82) is 0 Å². The summed E-state index contributed by atoms with van der Waals surface area (Å²) in [4.78, 5) is 6.93. The minimum Gasteiger partial charge on any atom is -0.496 e. The molecule has 32 heavy (non-hydrogen) atoms. The molecule has 7 nitrogen and oxygen atoms in total. The second-order valence-corrected chi connectivity index (χ2v) is 7.49. The van der Waals surface area contributed by atoms with Crippen molar-refractivity contribution in [3.63, 3.8) is 0 Å². The zero-order valence-corrected chi connectivity index (χ0v) is 22.5. The molecule has 2 rings (SSSR count). The van der Waals surface area contributed by atoms with Crippen LogP contribution in [-0.4, -0.2) is 59.4 Å². The van der Waals surface area contributed by atoms with Crippen molar-refractivity contribution in [2.24, 2.45) is 4.99 Å². The summed E-state index contributed by atoms with van der Waals surface area (Å²) in [7, 11) is 9.11. The molecule has 0 saturated carbocycles. The fourth-order valence-electron chi connectivity index (χ4n) is 3.34. The molecular weight excluding hydrogens is 519 g/mol. The average molecular weight is 556 g/mol. The molecule has 0 fully saturated rings. The molecule has 2 aromatic carbocycles. The van der Waals surface area contributed by atoms with Gasteiger partial charge in [-0.05, 0) is 57.3 Å². The van der Waals surface area contributed by atoms with E-state index in [-0.39, 0.29) is 30.0 Å². The number of ether oxygens (including phenoxy) is 3. The van der Waals surface area contributed by atoms with Crippen LogP contribution >= 0.6 is 24.0 Å². The molecular formula is C24H37IN4O3. The lowest BCUT2D eigenvalue weighted by Crippen LogP contribution is -2.41. The van der Waals surface area contributed by atoms with Crippen LogP contribution in [0.4, 0.5) is 0 Å². The van der Waals surface area contributed by atoms with Crippen molar-refractivity contribution in [3.05, 3.63) is 53.1 Å². The van der Waals surface area contributed by atoms with E-state index in [0.717, 1.165) is 40.9 Å². The Hall–Kier alpha value is -2.20. The van der Waals surface area contributed by atoms with E-state index in [4.69, 9.17) is 19.2 Å². The maximum absolute atomic E-state index is 5.51. The molecule has 1 atom stereocenters. The number of nitrogens with one attached hydrogen (secondary N) is 2.